The zero-order chi connectivity index (χ0) is 13.7. The lowest BCUT2D eigenvalue weighted by molar-refractivity contribution is 0.0117. The lowest BCUT2D eigenvalue weighted by Gasteiger charge is -2.22. The summed E-state index contributed by atoms with van der Waals surface area (Å²) < 4.78 is 18.7. The third kappa shape index (κ3) is 4.48. The number of amides is 1. The fraction of sp³-hybridized carbons (Fsp3) is 0.500. The van der Waals surface area contributed by atoms with Gasteiger partial charge in [0.25, 0.3) is 5.91 Å². The minimum Gasteiger partial charge on any atom is -0.378 e. The molecule has 1 saturated heterocycles. The van der Waals surface area contributed by atoms with E-state index < -0.39 is 5.82 Å². The summed E-state index contributed by atoms with van der Waals surface area (Å²) in [7, 11) is 0. The van der Waals surface area contributed by atoms with Crippen molar-refractivity contribution in [1.82, 2.24) is 5.32 Å². The van der Waals surface area contributed by atoms with Crippen LogP contribution in [-0.4, -0.2) is 25.2 Å². The van der Waals surface area contributed by atoms with Crippen molar-refractivity contribution in [2.24, 2.45) is 0 Å². The highest BCUT2D eigenvalue weighted by atomic mass is 35.5. The number of ether oxygens (including phenoxy) is 1. The van der Waals surface area contributed by atoms with E-state index in [-0.39, 0.29) is 22.6 Å². The summed E-state index contributed by atoms with van der Waals surface area (Å²) in [5.74, 6) is -0.814. The van der Waals surface area contributed by atoms with Gasteiger partial charge in [0.05, 0.1) is 6.10 Å². The Kier molecular flexibility index (Phi) is 5.16. The van der Waals surface area contributed by atoms with E-state index >= 15 is 0 Å². The monoisotopic (exact) mass is 285 g/mol. The van der Waals surface area contributed by atoms with Gasteiger partial charge >= 0.3 is 0 Å². The maximum absolute atomic E-state index is 13.1. The standard InChI is InChI=1S/C14H17ClFNO2/c15-11-7-10(8-12(16)9-11)14(18)17-5-4-13-3-1-2-6-19-13/h7-9,13H,1-6H2,(H,17,18)/t13-/m0/s1. The molecule has 3 nitrogen and oxygen atoms in total. The Balaban J connectivity index is 1.80. The molecule has 1 atom stereocenters. The van der Waals surface area contributed by atoms with Gasteiger partial charge < -0.3 is 10.1 Å². The lowest BCUT2D eigenvalue weighted by atomic mass is 10.1. The molecule has 104 valence electrons. The maximum Gasteiger partial charge on any atom is 0.251 e. The van der Waals surface area contributed by atoms with Crippen molar-refractivity contribution in [3.05, 3.63) is 34.6 Å². The molecule has 1 aliphatic rings. The molecular weight excluding hydrogens is 269 g/mol. The summed E-state index contributed by atoms with van der Waals surface area (Å²) in [5.41, 5.74) is 0.245. The van der Waals surface area contributed by atoms with Crippen LogP contribution in [0.25, 0.3) is 0 Å². The fourth-order valence-electron chi connectivity index (χ4n) is 2.17. The van der Waals surface area contributed by atoms with Gasteiger partial charge in [0, 0.05) is 23.7 Å². The van der Waals surface area contributed by atoms with Crippen molar-refractivity contribution in [2.75, 3.05) is 13.2 Å². The first-order valence-corrected chi connectivity index (χ1v) is 6.89. The summed E-state index contributed by atoms with van der Waals surface area (Å²) >= 11 is 5.71. The maximum atomic E-state index is 13.1. The van der Waals surface area contributed by atoms with Gasteiger partial charge in [-0.3, -0.25) is 4.79 Å². The molecular formula is C14H17ClFNO2. The normalized spacial score (nSPS) is 19.2. The average molecular weight is 286 g/mol. The van der Waals surface area contributed by atoms with Crippen molar-refractivity contribution in [3.63, 3.8) is 0 Å². The largest absolute Gasteiger partial charge is 0.378 e. The number of rotatable bonds is 4. The SMILES string of the molecule is O=C(NCC[C@@H]1CCCCO1)c1cc(F)cc(Cl)c1. The van der Waals surface area contributed by atoms with Crippen LogP contribution < -0.4 is 5.32 Å². The fourth-order valence-corrected chi connectivity index (χ4v) is 2.39. The second kappa shape index (κ2) is 6.87. The van der Waals surface area contributed by atoms with Crippen LogP contribution in [0.5, 0.6) is 0 Å². The molecule has 0 spiro atoms. The Hall–Kier alpha value is -1.13. The number of benzene rings is 1. The molecule has 1 fully saturated rings. The summed E-state index contributed by atoms with van der Waals surface area (Å²) in [6.07, 6.45) is 4.35. The van der Waals surface area contributed by atoms with Gasteiger partial charge in [0.15, 0.2) is 0 Å². The van der Waals surface area contributed by atoms with Crippen molar-refractivity contribution in [2.45, 2.75) is 31.8 Å². The van der Waals surface area contributed by atoms with Crippen LogP contribution in [0, 0.1) is 5.82 Å². The van der Waals surface area contributed by atoms with Crippen molar-refractivity contribution >= 4 is 17.5 Å². The van der Waals surface area contributed by atoms with Gasteiger partial charge in [0.2, 0.25) is 0 Å². The van der Waals surface area contributed by atoms with Crippen LogP contribution in [0.15, 0.2) is 18.2 Å². The van der Waals surface area contributed by atoms with Gasteiger partial charge in [-0.15, -0.1) is 0 Å². The smallest absolute Gasteiger partial charge is 0.251 e. The third-order valence-electron chi connectivity index (χ3n) is 3.15. The van der Waals surface area contributed by atoms with Crippen LogP contribution in [0.2, 0.25) is 5.02 Å². The van der Waals surface area contributed by atoms with Crippen molar-refractivity contribution < 1.29 is 13.9 Å². The molecule has 1 amide bonds. The molecule has 0 aromatic heterocycles. The van der Waals surface area contributed by atoms with Gasteiger partial charge in [0.1, 0.15) is 5.82 Å². The zero-order valence-electron chi connectivity index (χ0n) is 10.6. The summed E-state index contributed by atoms with van der Waals surface area (Å²) in [6.45, 7) is 1.33. The Morgan fingerprint density at radius 1 is 1.42 bits per heavy atom. The van der Waals surface area contributed by atoms with Crippen LogP contribution in [0.1, 0.15) is 36.0 Å². The van der Waals surface area contributed by atoms with Crippen LogP contribution >= 0.6 is 11.6 Å². The van der Waals surface area contributed by atoms with Gasteiger partial charge in [-0.05, 0) is 43.9 Å². The summed E-state index contributed by atoms with van der Waals surface area (Å²) in [5, 5.41) is 2.98. The van der Waals surface area contributed by atoms with E-state index in [9.17, 15) is 9.18 Å². The highest BCUT2D eigenvalue weighted by molar-refractivity contribution is 6.31. The van der Waals surface area contributed by atoms with Gasteiger partial charge in [-0.25, -0.2) is 4.39 Å². The summed E-state index contributed by atoms with van der Waals surface area (Å²) in [4.78, 5) is 11.8. The Labute approximate surface area is 117 Å². The van der Waals surface area contributed by atoms with E-state index in [0.29, 0.717) is 6.54 Å². The molecule has 0 bridgehead atoms. The Bertz CT molecular complexity index is 427. The lowest BCUT2D eigenvalue weighted by Crippen LogP contribution is -2.29. The minimum atomic E-state index is -0.506. The minimum absolute atomic E-state index is 0.223. The summed E-state index contributed by atoms with van der Waals surface area (Å²) in [6, 6.07) is 3.81. The topological polar surface area (TPSA) is 38.3 Å². The van der Waals surface area contributed by atoms with Crippen LogP contribution in [0.3, 0.4) is 0 Å². The highest BCUT2D eigenvalue weighted by Crippen LogP contribution is 2.16. The molecule has 5 heteroatoms. The molecule has 0 saturated carbocycles. The number of hydrogen-bond donors (Lipinski definition) is 1. The third-order valence-corrected chi connectivity index (χ3v) is 3.37. The van der Waals surface area contributed by atoms with Gasteiger partial charge in [-0.2, -0.15) is 0 Å². The number of carbonyl (C=O) groups is 1. The molecule has 1 aromatic rings. The van der Waals surface area contributed by atoms with E-state index in [2.05, 4.69) is 5.32 Å². The predicted molar refractivity (Wildman–Crippen MR) is 72.0 cm³/mol. The number of halogens is 2. The molecule has 2 rings (SSSR count). The van der Waals surface area contributed by atoms with E-state index in [1.165, 1.54) is 24.6 Å². The Morgan fingerprint density at radius 2 is 2.26 bits per heavy atom. The van der Waals surface area contributed by atoms with E-state index in [1.54, 1.807) is 0 Å². The van der Waals surface area contributed by atoms with Gasteiger partial charge in [-0.1, -0.05) is 11.6 Å². The first-order chi connectivity index (χ1) is 9.15. The predicted octanol–water partition coefficient (Wildman–Crippen LogP) is 3.17. The number of carbonyl (C=O) groups excluding carboxylic acids is 1. The average Bonchev–Trinajstić information content (AvgIpc) is 2.38. The second-order valence-corrected chi connectivity index (χ2v) is 5.13. The number of hydrogen-bond acceptors (Lipinski definition) is 2. The van der Waals surface area contributed by atoms with E-state index in [0.717, 1.165) is 25.9 Å². The van der Waals surface area contributed by atoms with Crippen LogP contribution in [-0.2, 0) is 4.74 Å². The van der Waals surface area contributed by atoms with Crippen LogP contribution in [0.4, 0.5) is 4.39 Å². The first kappa shape index (κ1) is 14.3. The molecule has 1 aromatic carbocycles. The zero-order valence-corrected chi connectivity index (χ0v) is 11.4. The molecule has 1 aliphatic heterocycles. The molecule has 0 radical (unpaired) electrons. The quantitative estimate of drug-likeness (QED) is 0.923. The first-order valence-electron chi connectivity index (χ1n) is 6.51. The Morgan fingerprint density at radius 3 is 2.95 bits per heavy atom. The highest BCUT2D eigenvalue weighted by Gasteiger charge is 2.14. The molecule has 19 heavy (non-hydrogen) atoms. The molecule has 1 N–H and O–H groups in total. The second-order valence-electron chi connectivity index (χ2n) is 4.69. The molecule has 0 aliphatic carbocycles. The van der Waals surface area contributed by atoms with E-state index in [1.807, 2.05) is 0 Å². The van der Waals surface area contributed by atoms with Crippen molar-refractivity contribution in [3.8, 4) is 0 Å². The van der Waals surface area contributed by atoms with E-state index in [4.69, 9.17) is 16.3 Å². The number of nitrogens with one attached hydrogen (secondary N) is 1. The molecule has 1 heterocycles. The molecule has 0 unspecified atom stereocenters. The van der Waals surface area contributed by atoms with Crippen molar-refractivity contribution in [1.29, 1.82) is 0 Å².